The van der Waals surface area contributed by atoms with Crippen LogP contribution in [0.15, 0.2) is 18.5 Å². The highest BCUT2D eigenvalue weighted by atomic mass is 16.2. The van der Waals surface area contributed by atoms with Crippen molar-refractivity contribution in [3.63, 3.8) is 0 Å². The van der Waals surface area contributed by atoms with Crippen molar-refractivity contribution in [2.24, 2.45) is 0 Å². The van der Waals surface area contributed by atoms with Crippen LogP contribution >= 0.6 is 0 Å². The van der Waals surface area contributed by atoms with Gasteiger partial charge in [0.25, 0.3) is 0 Å². The molecule has 1 aromatic heterocycles. The molecule has 108 valence electrons. The van der Waals surface area contributed by atoms with Crippen LogP contribution in [0.3, 0.4) is 0 Å². The Morgan fingerprint density at radius 1 is 1.15 bits per heavy atom. The first kappa shape index (κ1) is 13.3. The van der Waals surface area contributed by atoms with E-state index in [0.717, 1.165) is 51.5 Å². The number of amides is 1. The minimum atomic E-state index is 0.0308. The van der Waals surface area contributed by atoms with Crippen LogP contribution in [0.2, 0.25) is 0 Å². The van der Waals surface area contributed by atoms with Crippen LogP contribution in [-0.2, 0) is 4.79 Å². The number of nitrogens with zero attached hydrogens (tertiary/aromatic N) is 4. The number of nitrogens with one attached hydrogen (secondary N) is 1. The molecule has 3 heterocycles. The maximum absolute atomic E-state index is 12.4. The van der Waals surface area contributed by atoms with E-state index < -0.39 is 0 Å². The lowest BCUT2D eigenvalue weighted by atomic mass is 10.0. The Morgan fingerprint density at radius 3 is 2.55 bits per heavy atom. The van der Waals surface area contributed by atoms with E-state index in [0.29, 0.717) is 0 Å². The number of rotatable bonds is 2. The van der Waals surface area contributed by atoms with E-state index in [9.17, 15) is 4.79 Å². The number of anilines is 1. The molecular weight excluding hydrogens is 254 g/mol. The van der Waals surface area contributed by atoms with Crippen LogP contribution in [0.25, 0.3) is 0 Å². The summed E-state index contributed by atoms with van der Waals surface area (Å²) >= 11 is 0. The third-order valence-electron chi connectivity index (χ3n) is 4.03. The second kappa shape index (κ2) is 6.17. The maximum atomic E-state index is 12.4. The third kappa shape index (κ3) is 2.90. The molecule has 2 fully saturated rings. The van der Waals surface area contributed by atoms with Gasteiger partial charge in [0.1, 0.15) is 0 Å². The predicted molar refractivity (Wildman–Crippen MR) is 76.5 cm³/mol. The fraction of sp³-hybridized carbons (Fsp3) is 0.643. The van der Waals surface area contributed by atoms with Gasteiger partial charge in [0.2, 0.25) is 11.9 Å². The highest BCUT2D eigenvalue weighted by Gasteiger charge is 2.28. The maximum Gasteiger partial charge on any atom is 0.239 e. The Kier molecular flexibility index (Phi) is 4.11. The number of carbonyl (C=O) groups is 1. The van der Waals surface area contributed by atoms with Gasteiger partial charge in [-0.05, 0) is 25.5 Å². The lowest BCUT2D eigenvalue weighted by Crippen LogP contribution is -2.55. The lowest BCUT2D eigenvalue weighted by molar-refractivity contribution is -0.134. The van der Waals surface area contributed by atoms with Crippen molar-refractivity contribution in [1.82, 2.24) is 20.2 Å². The van der Waals surface area contributed by atoms with Crippen molar-refractivity contribution in [3.8, 4) is 0 Å². The van der Waals surface area contributed by atoms with E-state index >= 15 is 0 Å². The van der Waals surface area contributed by atoms with Gasteiger partial charge in [-0.1, -0.05) is 6.42 Å². The van der Waals surface area contributed by atoms with Crippen LogP contribution in [0.5, 0.6) is 0 Å². The second-order valence-electron chi connectivity index (χ2n) is 5.36. The average Bonchev–Trinajstić information content (AvgIpc) is 2.56. The van der Waals surface area contributed by atoms with Gasteiger partial charge in [0, 0.05) is 38.6 Å². The number of piperidine rings is 1. The summed E-state index contributed by atoms with van der Waals surface area (Å²) in [6, 6.07) is 1.85. The summed E-state index contributed by atoms with van der Waals surface area (Å²) in [6.07, 6.45) is 6.82. The Balaban J connectivity index is 1.54. The fourth-order valence-electron chi connectivity index (χ4n) is 2.86. The quantitative estimate of drug-likeness (QED) is 0.839. The number of aromatic nitrogens is 2. The van der Waals surface area contributed by atoms with Crippen LogP contribution in [0.1, 0.15) is 19.3 Å². The predicted octanol–water partition coefficient (Wildman–Crippen LogP) is 0.267. The lowest BCUT2D eigenvalue weighted by Gasteiger charge is -2.37. The molecule has 2 saturated heterocycles. The summed E-state index contributed by atoms with van der Waals surface area (Å²) in [7, 11) is 0. The van der Waals surface area contributed by atoms with E-state index in [-0.39, 0.29) is 11.9 Å². The molecule has 0 radical (unpaired) electrons. The van der Waals surface area contributed by atoms with Gasteiger partial charge < -0.3 is 15.1 Å². The molecule has 0 aliphatic carbocycles. The van der Waals surface area contributed by atoms with Gasteiger partial charge in [-0.2, -0.15) is 0 Å². The van der Waals surface area contributed by atoms with E-state index in [1.165, 1.54) is 6.42 Å². The van der Waals surface area contributed by atoms with Gasteiger partial charge >= 0.3 is 0 Å². The smallest absolute Gasteiger partial charge is 0.239 e. The molecule has 1 N–H and O–H groups in total. The summed E-state index contributed by atoms with van der Waals surface area (Å²) in [4.78, 5) is 25.0. The zero-order chi connectivity index (χ0) is 13.8. The zero-order valence-electron chi connectivity index (χ0n) is 11.7. The first-order chi connectivity index (χ1) is 9.84. The molecule has 0 spiro atoms. The van der Waals surface area contributed by atoms with Crippen molar-refractivity contribution in [1.29, 1.82) is 0 Å². The summed E-state index contributed by atoms with van der Waals surface area (Å²) in [5.74, 6) is 1.02. The normalized spacial score (nSPS) is 23.7. The van der Waals surface area contributed by atoms with E-state index in [1.807, 2.05) is 11.0 Å². The first-order valence-corrected chi connectivity index (χ1v) is 7.39. The highest BCUT2D eigenvalue weighted by molar-refractivity contribution is 5.82. The van der Waals surface area contributed by atoms with Gasteiger partial charge in [0.15, 0.2) is 0 Å². The van der Waals surface area contributed by atoms with Crippen molar-refractivity contribution in [3.05, 3.63) is 18.5 Å². The summed E-state index contributed by atoms with van der Waals surface area (Å²) < 4.78 is 0. The molecule has 20 heavy (non-hydrogen) atoms. The molecule has 2 aliphatic heterocycles. The van der Waals surface area contributed by atoms with Crippen molar-refractivity contribution in [2.45, 2.75) is 25.3 Å². The summed E-state index contributed by atoms with van der Waals surface area (Å²) in [5, 5.41) is 3.33. The van der Waals surface area contributed by atoms with Crippen molar-refractivity contribution >= 4 is 11.9 Å². The molecule has 6 heteroatoms. The van der Waals surface area contributed by atoms with Crippen LogP contribution in [0, 0.1) is 0 Å². The Hall–Kier alpha value is -1.69. The number of hydrogen-bond donors (Lipinski definition) is 1. The summed E-state index contributed by atoms with van der Waals surface area (Å²) in [6.45, 7) is 4.10. The SMILES string of the molecule is O=C(C1CCCCN1)N1CCN(c2ncccn2)CC1. The second-order valence-corrected chi connectivity index (χ2v) is 5.36. The summed E-state index contributed by atoms with van der Waals surface area (Å²) in [5.41, 5.74) is 0. The Labute approximate surface area is 119 Å². The highest BCUT2D eigenvalue weighted by Crippen LogP contribution is 2.14. The first-order valence-electron chi connectivity index (χ1n) is 7.39. The third-order valence-corrected chi connectivity index (χ3v) is 4.03. The molecule has 0 aromatic carbocycles. The van der Waals surface area contributed by atoms with Gasteiger partial charge in [0.05, 0.1) is 6.04 Å². The minimum absolute atomic E-state index is 0.0308. The molecule has 1 atom stereocenters. The molecule has 3 rings (SSSR count). The molecule has 0 saturated carbocycles. The molecule has 1 aromatic rings. The van der Waals surface area contributed by atoms with Gasteiger partial charge in [-0.3, -0.25) is 4.79 Å². The molecule has 0 bridgehead atoms. The van der Waals surface area contributed by atoms with E-state index in [4.69, 9.17) is 0 Å². The van der Waals surface area contributed by atoms with E-state index in [2.05, 4.69) is 20.2 Å². The largest absolute Gasteiger partial charge is 0.338 e. The fourth-order valence-corrected chi connectivity index (χ4v) is 2.86. The Bertz CT molecular complexity index is 438. The molecule has 2 aliphatic rings. The molecule has 6 nitrogen and oxygen atoms in total. The molecule has 1 unspecified atom stereocenters. The zero-order valence-corrected chi connectivity index (χ0v) is 11.7. The van der Waals surface area contributed by atoms with Gasteiger partial charge in [-0.25, -0.2) is 9.97 Å². The van der Waals surface area contributed by atoms with Crippen LogP contribution in [-0.4, -0.2) is 59.5 Å². The van der Waals surface area contributed by atoms with E-state index in [1.54, 1.807) is 12.4 Å². The van der Waals surface area contributed by atoms with Crippen molar-refractivity contribution < 1.29 is 4.79 Å². The number of carbonyl (C=O) groups excluding carboxylic acids is 1. The monoisotopic (exact) mass is 275 g/mol. The molecular formula is C14H21N5O. The van der Waals surface area contributed by atoms with Crippen LogP contribution < -0.4 is 10.2 Å². The van der Waals surface area contributed by atoms with Crippen LogP contribution in [0.4, 0.5) is 5.95 Å². The van der Waals surface area contributed by atoms with Gasteiger partial charge in [-0.15, -0.1) is 0 Å². The Morgan fingerprint density at radius 2 is 1.90 bits per heavy atom. The topological polar surface area (TPSA) is 61.4 Å². The number of piperazine rings is 1. The minimum Gasteiger partial charge on any atom is -0.338 e. The average molecular weight is 275 g/mol. The van der Waals surface area contributed by atoms with Crippen molar-refractivity contribution in [2.75, 3.05) is 37.6 Å². The molecule has 1 amide bonds. The standard InChI is InChI=1S/C14H21N5O/c20-13(12-4-1-2-5-15-12)18-8-10-19(11-9-18)14-16-6-3-7-17-14/h3,6-7,12,15H,1-2,4-5,8-11H2. The number of hydrogen-bond acceptors (Lipinski definition) is 5.